The van der Waals surface area contributed by atoms with Crippen molar-refractivity contribution in [1.29, 1.82) is 0 Å². The van der Waals surface area contributed by atoms with Crippen LogP contribution in [0.15, 0.2) is 36.0 Å². The summed E-state index contributed by atoms with van der Waals surface area (Å²) in [5.74, 6) is 0.0674. The van der Waals surface area contributed by atoms with Crippen molar-refractivity contribution < 1.29 is 9.22 Å². The summed E-state index contributed by atoms with van der Waals surface area (Å²) in [6, 6.07) is 0. The molecule has 0 N–H and O–H groups in total. The van der Waals surface area contributed by atoms with Crippen molar-refractivity contribution in [1.82, 2.24) is 0 Å². The highest BCUT2D eigenvalue weighted by Gasteiger charge is 2.55. The van der Waals surface area contributed by atoms with E-state index in [0.717, 1.165) is 11.1 Å². The lowest BCUT2D eigenvalue weighted by molar-refractivity contribution is -0.132. The van der Waals surface area contributed by atoms with Crippen LogP contribution >= 0.6 is 0 Å². The highest BCUT2D eigenvalue weighted by atomic mass is 28.4. The third kappa shape index (κ3) is 2.61. The third-order valence-electron chi connectivity index (χ3n) is 4.61. The van der Waals surface area contributed by atoms with Gasteiger partial charge in [-0.2, -0.15) is 0 Å². The molecule has 0 radical (unpaired) electrons. The lowest BCUT2D eigenvalue weighted by atomic mass is 9.70. The largest absolute Gasteiger partial charge is 0.400 e. The molecule has 2 nitrogen and oxygen atoms in total. The van der Waals surface area contributed by atoms with Gasteiger partial charge in [-0.25, -0.2) is 0 Å². The number of hydrogen-bond donors (Lipinski definition) is 0. The summed E-state index contributed by atoms with van der Waals surface area (Å²) in [5, 5.41) is 0.0690. The zero-order valence-corrected chi connectivity index (χ0v) is 15.0. The lowest BCUT2D eigenvalue weighted by Crippen LogP contribution is -2.59. The highest BCUT2D eigenvalue weighted by Crippen LogP contribution is 2.48. The summed E-state index contributed by atoms with van der Waals surface area (Å²) < 4.78 is 6.52. The highest BCUT2D eigenvalue weighted by molar-refractivity contribution is 6.74. The second kappa shape index (κ2) is 5.12. The van der Waals surface area contributed by atoms with Crippen LogP contribution < -0.4 is 0 Å². The summed E-state index contributed by atoms with van der Waals surface area (Å²) in [4.78, 5) is 12.6. The van der Waals surface area contributed by atoms with Crippen molar-refractivity contribution in [2.75, 3.05) is 0 Å². The minimum absolute atomic E-state index is 0.0674. The molecule has 0 spiro atoms. The zero-order chi connectivity index (χ0) is 15.9. The van der Waals surface area contributed by atoms with Gasteiger partial charge in [-0.1, -0.05) is 39.0 Å². The number of ketones is 1. The van der Waals surface area contributed by atoms with Crippen molar-refractivity contribution >= 4 is 14.1 Å². The Bertz CT molecular complexity index is 492. The Labute approximate surface area is 124 Å². The van der Waals surface area contributed by atoms with Gasteiger partial charge < -0.3 is 4.43 Å². The molecule has 1 rings (SSSR count). The standard InChI is InChI=1S/C17H28O2Si/c1-10-14-13(4)17(15(14)18,11-12(2)3)19-20(8,9)16(5,6)7/h10H,1-2,11H2,3-9H3. The molecule has 0 fully saturated rings. The normalized spacial score (nSPS) is 23.6. The first-order valence-corrected chi connectivity index (χ1v) is 10.0. The topological polar surface area (TPSA) is 26.3 Å². The predicted octanol–water partition coefficient (Wildman–Crippen LogP) is 4.80. The molecule has 0 amide bonds. The Kier molecular flexibility index (Phi) is 4.38. The molecule has 1 aliphatic rings. The quantitative estimate of drug-likeness (QED) is 0.537. The van der Waals surface area contributed by atoms with Crippen LogP contribution in [0, 0.1) is 0 Å². The minimum Gasteiger partial charge on any atom is -0.400 e. The maximum absolute atomic E-state index is 12.6. The van der Waals surface area contributed by atoms with Crippen molar-refractivity contribution in [2.24, 2.45) is 0 Å². The second-order valence-corrected chi connectivity index (χ2v) is 12.1. The first kappa shape index (κ1) is 17.1. The first-order chi connectivity index (χ1) is 8.89. The zero-order valence-electron chi connectivity index (χ0n) is 14.0. The van der Waals surface area contributed by atoms with E-state index in [1.165, 1.54) is 0 Å². The van der Waals surface area contributed by atoms with Crippen molar-refractivity contribution in [3.8, 4) is 0 Å². The Morgan fingerprint density at radius 3 is 2.20 bits per heavy atom. The maximum atomic E-state index is 12.6. The van der Waals surface area contributed by atoms with E-state index in [1.807, 2.05) is 13.8 Å². The average Bonchev–Trinajstić information content (AvgIpc) is 2.26. The molecule has 1 unspecified atom stereocenters. The lowest BCUT2D eigenvalue weighted by Gasteiger charge is -2.50. The van der Waals surface area contributed by atoms with Crippen LogP contribution in [0.2, 0.25) is 18.1 Å². The number of carbonyl (C=O) groups excluding carboxylic acids is 1. The molecule has 0 heterocycles. The predicted molar refractivity (Wildman–Crippen MR) is 88.3 cm³/mol. The smallest absolute Gasteiger partial charge is 0.198 e. The third-order valence-corrected chi connectivity index (χ3v) is 9.08. The molecule has 0 saturated heterocycles. The van der Waals surface area contributed by atoms with Crippen LogP contribution in [0.3, 0.4) is 0 Å². The van der Waals surface area contributed by atoms with Crippen molar-refractivity contribution in [3.63, 3.8) is 0 Å². The number of carbonyl (C=O) groups is 1. The fourth-order valence-corrected chi connectivity index (χ4v) is 3.84. The fraction of sp³-hybridized carbons (Fsp3) is 0.588. The summed E-state index contributed by atoms with van der Waals surface area (Å²) in [5.41, 5.74) is 1.90. The van der Waals surface area contributed by atoms with Gasteiger partial charge in [-0.15, -0.1) is 6.58 Å². The molecule has 1 atom stereocenters. The van der Waals surface area contributed by atoms with E-state index in [9.17, 15) is 4.79 Å². The molecule has 0 saturated carbocycles. The number of Topliss-reactive ketones (excluding diaryl/α,β-unsaturated/α-hetero) is 1. The fourth-order valence-electron chi connectivity index (χ4n) is 2.34. The summed E-state index contributed by atoms with van der Waals surface area (Å²) in [6.45, 7) is 22.5. The summed E-state index contributed by atoms with van der Waals surface area (Å²) >= 11 is 0. The van der Waals surface area contributed by atoms with Crippen LogP contribution in [0.5, 0.6) is 0 Å². The molecule has 112 valence electrons. The molecule has 20 heavy (non-hydrogen) atoms. The van der Waals surface area contributed by atoms with Gasteiger partial charge in [0.15, 0.2) is 14.1 Å². The molecule has 0 aromatic rings. The van der Waals surface area contributed by atoms with Crippen LogP contribution in [-0.2, 0) is 9.22 Å². The molecule has 0 aromatic heterocycles. The monoisotopic (exact) mass is 292 g/mol. The van der Waals surface area contributed by atoms with Crippen LogP contribution in [0.4, 0.5) is 0 Å². The molecule has 0 aromatic carbocycles. The van der Waals surface area contributed by atoms with Gasteiger partial charge in [0.1, 0.15) is 5.60 Å². The van der Waals surface area contributed by atoms with Gasteiger partial charge in [-0.3, -0.25) is 4.79 Å². The molecule has 1 aliphatic carbocycles. The minimum atomic E-state index is -2.03. The summed E-state index contributed by atoms with van der Waals surface area (Å²) in [7, 11) is -2.03. The Hall–Kier alpha value is -0.933. The number of hydrogen-bond acceptors (Lipinski definition) is 2. The van der Waals surface area contributed by atoms with E-state index < -0.39 is 13.9 Å². The molecule has 3 heteroatoms. The van der Waals surface area contributed by atoms with Gasteiger partial charge in [0.2, 0.25) is 0 Å². The van der Waals surface area contributed by atoms with Gasteiger partial charge >= 0.3 is 0 Å². The van der Waals surface area contributed by atoms with Crippen LogP contribution in [-0.4, -0.2) is 19.7 Å². The van der Waals surface area contributed by atoms with Crippen molar-refractivity contribution in [2.45, 2.75) is 64.8 Å². The van der Waals surface area contributed by atoms with Crippen molar-refractivity contribution in [3.05, 3.63) is 36.0 Å². The average molecular weight is 292 g/mol. The SMILES string of the molecule is C=CC1=C(C)C(CC(=C)C)(O[Si](C)(C)C(C)(C)C)C1=O. The van der Waals surface area contributed by atoms with Gasteiger partial charge in [0.25, 0.3) is 0 Å². The van der Waals surface area contributed by atoms with E-state index in [2.05, 4.69) is 47.0 Å². The molecule has 0 aliphatic heterocycles. The summed E-state index contributed by atoms with van der Waals surface area (Å²) in [6.07, 6.45) is 2.21. The molecule has 0 bridgehead atoms. The second-order valence-electron chi connectivity index (χ2n) is 7.40. The van der Waals surface area contributed by atoms with Crippen LogP contribution in [0.1, 0.15) is 41.0 Å². The Balaban J connectivity index is 3.26. The number of rotatable bonds is 5. The van der Waals surface area contributed by atoms with E-state index in [0.29, 0.717) is 12.0 Å². The van der Waals surface area contributed by atoms with E-state index in [1.54, 1.807) is 6.08 Å². The Morgan fingerprint density at radius 2 is 1.90 bits per heavy atom. The molecular formula is C17H28O2Si. The number of allylic oxidation sites excluding steroid dienone is 1. The molecular weight excluding hydrogens is 264 g/mol. The van der Waals surface area contributed by atoms with Gasteiger partial charge in [0, 0.05) is 12.0 Å². The first-order valence-electron chi connectivity index (χ1n) is 7.12. The van der Waals surface area contributed by atoms with Crippen LogP contribution in [0.25, 0.3) is 0 Å². The van der Waals surface area contributed by atoms with E-state index in [-0.39, 0.29) is 10.8 Å². The van der Waals surface area contributed by atoms with Gasteiger partial charge in [0.05, 0.1) is 0 Å². The van der Waals surface area contributed by atoms with E-state index in [4.69, 9.17) is 4.43 Å². The maximum Gasteiger partial charge on any atom is 0.198 e. The van der Waals surface area contributed by atoms with E-state index >= 15 is 0 Å². The van der Waals surface area contributed by atoms with Gasteiger partial charge in [-0.05, 0) is 37.6 Å². The Morgan fingerprint density at radius 1 is 1.40 bits per heavy atom.